The van der Waals surface area contributed by atoms with Crippen LogP contribution >= 0.6 is 11.3 Å². The van der Waals surface area contributed by atoms with Crippen LogP contribution in [-0.2, 0) is 6.42 Å². The van der Waals surface area contributed by atoms with Crippen molar-refractivity contribution in [3.63, 3.8) is 0 Å². The minimum atomic E-state index is 0.198. The lowest BCUT2D eigenvalue weighted by Crippen LogP contribution is -2.37. The summed E-state index contributed by atoms with van der Waals surface area (Å²) in [5.41, 5.74) is 1.54. The molecular weight excluding hydrogens is 206 g/mol. The molecule has 2 aromatic heterocycles. The molecule has 0 atom stereocenters. The standard InChI is InChI=1S/C11H17N3S/c1-11(2,3)13-5-4-9-8-15-10-12-6-7-14(9)10/h6-8,13H,4-5H2,1-3H3. The van der Waals surface area contributed by atoms with Gasteiger partial charge in [-0.3, -0.25) is 4.40 Å². The summed E-state index contributed by atoms with van der Waals surface area (Å²) in [5, 5.41) is 5.68. The van der Waals surface area contributed by atoms with Crippen molar-refractivity contribution in [1.29, 1.82) is 0 Å². The second-order valence-electron chi connectivity index (χ2n) is 4.73. The van der Waals surface area contributed by atoms with Gasteiger partial charge in [-0.05, 0) is 20.8 Å². The third-order valence-electron chi connectivity index (χ3n) is 2.25. The Balaban J connectivity index is 1.98. The highest BCUT2D eigenvalue weighted by atomic mass is 32.1. The molecule has 2 rings (SSSR count). The molecule has 0 spiro atoms. The molecule has 3 nitrogen and oxygen atoms in total. The smallest absolute Gasteiger partial charge is 0.193 e. The maximum absolute atomic E-state index is 4.26. The number of imidazole rings is 1. The van der Waals surface area contributed by atoms with Gasteiger partial charge in [-0.2, -0.15) is 0 Å². The topological polar surface area (TPSA) is 29.3 Å². The van der Waals surface area contributed by atoms with Gasteiger partial charge >= 0.3 is 0 Å². The van der Waals surface area contributed by atoms with Gasteiger partial charge in [0, 0.05) is 42.0 Å². The molecule has 0 saturated carbocycles. The van der Waals surface area contributed by atoms with Crippen LogP contribution in [0.5, 0.6) is 0 Å². The highest BCUT2D eigenvalue weighted by Crippen LogP contribution is 2.14. The molecule has 82 valence electrons. The highest BCUT2D eigenvalue weighted by molar-refractivity contribution is 7.15. The number of nitrogens with zero attached hydrogens (tertiary/aromatic N) is 2. The summed E-state index contributed by atoms with van der Waals surface area (Å²) in [6, 6.07) is 0. The zero-order chi connectivity index (χ0) is 10.9. The van der Waals surface area contributed by atoms with Crippen molar-refractivity contribution in [1.82, 2.24) is 14.7 Å². The predicted molar refractivity (Wildman–Crippen MR) is 64.5 cm³/mol. The van der Waals surface area contributed by atoms with Crippen LogP contribution in [0.25, 0.3) is 4.96 Å². The van der Waals surface area contributed by atoms with Gasteiger partial charge in [0.25, 0.3) is 0 Å². The summed E-state index contributed by atoms with van der Waals surface area (Å²) < 4.78 is 2.16. The van der Waals surface area contributed by atoms with E-state index < -0.39 is 0 Å². The summed E-state index contributed by atoms with van der Waals surface area (Å²) in [5.74, 6) is 0. The van der Waals surface area contributed by atoms with Gasteiger partial charge in [0.2, 0.25) is 0 Å². The molecule has 1 N–H and O–H groups in total. The van der Waals surface area contributed by atoms with E-state index in [9.17, 15) is 0 Å². The number of fused-ring (bicyclic) bond motifs is 1. The van der Waals surface area contributed by atoms with Crippen molar-refractivity contribution in [2.24, 2.45) is 0 Å². The molecule has 0 saturated heterocycles. The molecule has 2 aromatic rings. The van der Waals surface area contributed by atoms with Gasteiger partial charge in [0.15, 0.2) is 4.96 Å². The number of rotatable bonds is 3. The minimum Gasteiger partial charge on any atom is -0.312 e. The zero-order valence-corrected chi connectivity index (χ0v) is 10.3. The van der Waals surface area contributed by atoms with Crippen LogP contribution in [-0.4, -0.2) is 21.5 Å². The maximum Gasteiger partial charge on any atom is 0.193 e. The molecule has 0 aromatic carbocycles. The molecule has 15 heavy (non-hydrogen) atoms. The first-order valence-corrected chi connectivity index (χ1v) is 6.09. The molecule has 0 aliphatic heterocycles. The van der Waals surface area contributed by atoms with Gasteiger partial charge in [-0.25, -0.2) is 4.98 Å². The molecular formula is C11H17N3S. The Morgan fingerprint density at radius 2 is 2.27 bits per heavy atom. The molecule has 0 aliphatic rings. The van der Waals surface area contributed by atoms with E-state index in [1.165, 1.54) is 5.69 Å². The Morgan fingerprint density at radius 3 is 3.00 bits per heavy atom. The lowest BCUT2D eigenvalue weighted by molar-refractivity contribution is 0.428. The molecule has 0 amide bonds. The predicted octanol–water partition coefficient (Wildman–Crippen LogP) is 2.33. The molecule has 0 aliphatic carbocycles. The Morgan fingerprint density at radius 1 is 1.47 bits per heavy atom. The molecule has 0 radical (unpaired) electrons. The number of aromatic nitrogens is 2. The zero-order valence-electron chi connectivity index (χ0n) is 9.45. The van der Waals surface area contributed by atoms with E-state index in [-0.39, 0.29) is 5.54 Å². The van der Waals surface area contributed by atoms with Gasteiger partial charge in [-0.15, -0.1) is 11.3 Å². The van der Waals surface area contributed by atoms with Crippen molar-refractivity contribution in [2.45, 2.75) is 32.7 Å². The van der Waals surface area contributed by atoms with Gasteiger partial charge in [-0.1, -0.05) is 0 Å². The van der Waals surface area contributed by atoms with E-state index in [2.05, 4.69) is 40.9 Å². The quantitative estimate of drug-likeness (QED) is 0.865. The molecule has 0 bridgehead atoms. The molecule has 2 heterocycles. The van der Waals surface area contributed by atoms with Crippen molar-refractivity contribution < 1.29 is 0 Å². The Bertz CT molecular complexity index is 436. The first kappa shape index (κ1) is 10.6. The van der Waals surface area contributed by atoms with E-state index in [1.807, 2.05) is 12.4 Å². The largest absolute Gasteiger partial charge is 0.312 e. The highest BCUT2D eigenvalue weighted by Gasteiger charge is 2.09. The second kappa shape index (κ2) is 3.94. The van der Waals surface area contributed by atoms with Crippen molar-refractivity contribution >= 4 is 16.3 Å². The summed E-state index contributed by atoms with van der Waals surface area (Å²) >= 11 is 1.70. The van der Waals surface area contributed by atoms with Gasteiger partial charge in [0.1, 0.15) is 0 Å². The van der Waals surface area contributed by atoms with Crippen LogP contribution in [0, 0.1) is 0 Å². The van der Waals surface area contributed by atoms with E-state index in [4.69, 9.17) is 0 Å². The minimum absolute atomic E-state index is 0.198. The normalized spacial score (nSPS) is 12.5. The molecule has 0 fully saturated rings. The monoisotopic (exact) mass is 223 g/mol. The van der Waals surface area contributed by atoms with Crippen LogP contribution in [0.1, 0.15) is 26.5 Å². The van der Waals surface area contributed by atoms with Gasteiger partial charge < -0.3 is 5.32 Å². The second-order valence-corrected chi connectivity index (χ2v) is 5.57. The number of hydrogen-bond donors (Lipinski definition) is 1. The average molecular weight is 223 g/mol. The Labute approximate surface area is 94.1 Å². The van der Waals surface area contributed by atoms with Crippen molar-refractivity contribution in [3.8, 4) is 0 Å². The van der Waals surface area contributed by atoms with Gasteiger partial charge in [0.05, 0.1) is 0 Å². The summed E-state index contributed by atoms with van der Waals surface area (Å²) in [6.07, 6.45) is 4.93. The first-order chi connectivity index (χ1) is 7.06. The van der Waals surface area contributed by atoms with Crippen LogP contribution in [0.4, 0.5) is 0 Å². The van der Waals surface area contributed by atoms with Crippen LogP contribution in [0.3, 0.4) is 0 Å². The fraction of sp³-hybridized carbons (Fsp3) is 0.545. The third kappa shape index (κ3) is 2.58. The molecule has 4 heteroatoms. The Kier molecular flexibility index (Phi) is 2.80. The summed E-state index contributed by atoms with van der Waals surface area (Å²) in [6.45, 7) is 7.57. The van der Waals surface area contributed by atoms with Crippen LogP contribution < -0.4 is 5.32 Å². The van der Waals surface area contributed by atoms with Crippen LogP contribution in [0.2, 0.25) is 0 Å². The van der Waals surface area contributed by atoms with Crippen LogP contribution in [0.15, 0.2) is 17.8 Å². The van der Waals surface area contributed by atoms with Crippen molar-refractivity contribution in [2.75, 3.05) is 6.54 Å². The maximum atomic E-state index is 4.26. The average Bonchev–Trinajstić information content (AvgIpc) is 2.66. The SMILES string of the molecule is CC(C)(C)NCCc1csc2nccn12. The van der Waals surface area contributed by atoms with Crippen molar-refractivity contribution in [3.05, 3.63) is 23.5 Å². The van der Waals surface area contributed by atoms with E-state index >= 15 is 0 Å². The van der Waals surface area contributed by atoms with E-state index in [1.54, 1.807) is 11.3 Å². The fourth-order valence-electron chi connectivity index (χ4n) is 1.52. The molecule has 0 unspecified atom stereocenters. The van der Waals surface area contributed by atoms with E-state index in [0.717, 1.165) is 17.9 Å². The number of nitrogens with one attached hydrogen (secondary N) is 1. The summed E-state index contributed by atoms with van der Waals surface area (Å²) in [4.78, 5) is 5.34. The lowest BCUT2D eigenvalue weighted by atomic mass is 10.1. The third-order valence-corrected chi connectivity index (χ3v) is 3.16. The summed E-state index contributed by atoms with van der Waals surface area (Å²) in [7, 11) is 0. The number of hydrogen-bond acceptors (Lipinski definition) is 3. The number of thiazole rings is 1. The first-order valence-electron chi connectivity index (χ1n) is 5.21. The lowest BCUT2D eigenvalue weighted by Gasteiger charge is -2.20. The Hall–Kier alpha value is -0.870. The van der Waals surface area contributed by atoms with E-state index in [0.29, 0.717) is 0 Å². The fourth-order valence-corrected chi connectivity index (χ4v) is 2.40.